The Bertz CT molecular complexity index is 515. The maximum absolute atomic E-state index is 11.0. The van der Waals surface area contributed by atoms with Crippen molar-refractivity contribution in [3.05, 3.63) is 23.8 Å². The van der Waals surface area contributed by atoms with Gasteiger partial charge < -0.3 is 30.5 Å². The van der Waals surface area contributed by atoms with Crippen LogP contribution < -0.4 is 15.2 Å². The van der Waals surface area contributed by atoms with Crippen molar-refractivity contribution in [2.75, 3.05) is 13.2 Å². The Hall–Kier alpha value is -2.16. The molecule has 8 heteroatoms. The van der Waals surface area contributed by atoms with E-state index >= 15 is 0 Å². The largest absolute Gasteiger partial charge is 0.490 e. The third-order valence-electron chi connectivity index (χ3n) is 2.57. The Kier molecular flexibility index (Phi) is 5.65. The van der Waals surface area contributed by atoms with E-state index in [4.69, 9.17) is 15.2 Å². The summed E-state index contributed by atoms with van der Waals surface area (Å²) < 4.78 is 10.4. The minimum absolute atomic E-state index is 0.0292. The Morgan fingerprint density at radius 2 is 2.10 bits per heavy atom. The predicted molar refractivity (Wildman–Crippen MR) is 70.9 cm³/mol. The van der Waals surface area contributed by atoms with Crippen LogP contribution in [0.2, 0.25) is 0 Å². The van der Waals surface area contributed by atoms with E-state index in [9.17, 15) is 24.9 Å². The summed E-state index contributed by atoms with van der Waals surface area (Å²) in [4.78, 5) is 21.7. The summed E-state index contributed by atoms with van der Waals surface area (Å²) in [7, 11) is 0. The molecule has 0 aliphatic heterocycles. The first kappa shape index (κ1) is 16.9. The summed E-state index contributed by atoms with van der Waals surface area (Å²) >= 11 is 0. The molecule has 0 aliphatic carbocycles. The van der Waals surface area contributed by atoms with Gasteiger partial charge >= 0.3 is 0 Å². The monoisotopic (exact) mass is 299 g/mol. The normalized spacial score (nSPS) is 12.6. The van der Waals surface area contributed by atoms with Gasteiger partial charge in [0.05, 0.1) is 12.2 Å². The molecule has 0 radical (unpaired) electrons. The fourth-order valence-corrected chi connectivity index (χ4v) is 1.53. The van der Waals surface area contributed by atoms with Gasteiger partial charge in [-0.2, -0.15) is 0 Å². The third-order valence-corrected chi connectivity index (χ3v) is 2.57. The lowest BCUT2D eigenvalue weighted by Crippen LogP contribution is -2.53. The summed E-state index contributed by atoms with van der Waals surface area (Å²) in [5.41, 5.74) is 4.90. The van der Waals surface area contributed by atoms with E-state index in [1.807, 2.05) is 0 Å². The van der Waals surface area contributed by atoms with Crippen molar-refractivity contribution in [3.63, 3.8) is 0 Å². The van der Waals surface area contributed by atoms with Gasteiger partial charge in [0.15, 0.2) is 23.9 Å². The van der Waals surface area contributed by atoms with Crippen LogP contribution in [-0.4, -0.2) is 52.6 Å². The number of carbonyl (C=O) groups excluding carboxylic acids is 2. The van der Waals surface area contributed by atoms with Crippen LogP contribution in [0.15, 0.2) is 18.2 Å². The van der Waals surface area contributed by atoms with Crippen molar-refractivity contribution in [3.8, 4) is 11.5 Å². The van der Waals surface area contributed by atoms with Crippen molar-refractivity contribution in [1.29, 1.82) is 0 Å². The van der Waals surface area contributed by atoms with Crippen LogP contribution in [0.4, 0.5) is 0 Å². The predicted octanol–water partition coefficient (Wildman–Crippen LogP) is -1.20. The van der Waals surface area contributed by atoms with Crippen molar-refractivity contribution in [1.82, 2.24) is 0 Å². The number of benzene rings is 1. The first-order valence-corrected chi connectivity index (χ1v) is 6.09. The van der Waals surface area contributed by atoms with Gasteiger partial charge in [0.1, 0.15) is 6.61 Å². The molecule has 116 valence electrons. The van der Waals surface area contributed by atoms with Crippen LogP contribution >= 0.6 is 0 Å². The van der Waals surface area contributed by atoms with Crippen LogP contribution in [0.3, 0.4) is 0 Å². The number of aldehydes is 1. The van der Waals surface area contributed by atoms with Gasteiger partial charge in [-0.25, -0.2) is 0 Å². The third kappa shape index (κ3) is 4.15. The highest BCUT2D eigenvalue weighted by atomic mass is 16.6. The van der Waals surface area contributed by atoms with E-state index in [-0.39, 0.29) is 17.1 Å². The Morgan fingerprint density at radius 1 is 1.43 bits per heavy atom. The molecule has 0 aliphatic rings. The molecule has 1 amide bonds. The second kappa shape index (κ2) is 7.02. The van der Waals surface area contributed by atoms with E-state index in [2.05, 4.69) is 0 Å². The van der Waals surface area contributed by atoms with Gasteiger partial charge in [-0.1, -0.05) is 6.07 Å². The summed E-state index contributed by atoms with van der Waals surface area (Å²) in [6.45, 7) is 1.13. The summed E-state index contributed by atoms with van der Waals surface area (Å²) in [6, 6.07) is 4.52. The maximum atomic E-state index is 11.0. The zero-order chi connectivity index (χ0) is 16.0. The SMILES string of the molecule is CCOc1cccc(C=O)c1OCC(O)(O)C(O)C(N)=O. The van der Waals surface area contributed by atoms with E-state index < -0.39 is 24.4 Å². The molecule has 21 heavy (non-hydrogen) atoms. The molecule has 0 bridgehead atoms. The molecule has 0 spiro atoms. The Labute approximate surface area is 120 Å². The van der Waals surface area contributed by atoms with Gasteiger partial charge in [0.2, 0.25) is 5.79 Å². The highest BCUT2D eigenvalue weighted by Gasteiger charge is 2.38. The zero-order valence-corrected chi connectivity index (χ0v) is 11.4. The molecule has 1 rings (SSSR count). The maximum Gasteiger partial charge on any atom is 0.252 e. The number of rotatable bonds is 8. The molecule has 1 unspecified atom stereocenters. The Balaban J connectivity index is 2.97. The van der Waals surface area contributed by atoms with Gasteiger partial charge in [-0.3, -0.25) is 9.59 Å². The molecule has 0 fully saturated rings. The van der Waals surface area contributed by atoms with Crippen LogP contribution in [0.25, 0.3) is 0 Å². The minimum Gasteiger partial charge on any atom is -0.490 e. The molecule has 1 aromatic carbocycles. The quantitative estimate of drug-likeness (QED) is 0.349. The van der Waals surface area contributed by atoms with Gasteiger partial charge in [0, 0.05) is 0 Å². The van der Waals surface area contributed by atoms with E-state index in [1.165, 1.54) is 12.1 Å². The van der Waals surface area contributed by atoms with Gasteiger partial charge in [0.25, 0.3) is 5.91 Å². The number of hydrogen-bond donors (Lipinski definition) is 4. The molecule has 0 saturated heterocycles. The highest BCUT2D eigenvalue weighted by Crippen LogP contribution is 2.31. The lowest BCUT2D eigenvalue weighted by molar-refractivity contribution is -0.234. The number of para-hydroxylation sites is 1. The summed E-state index contributed by atoms with van der Waals surface area (Å²) in [6.07, 6.45) is -1.74. The molecule has 0 saturated carbocycles. The summed E-state index contributed by atoms with van der Waals surface area (Å²) in [5.74, 6) is -4.03. The molecule has 0 aromatic heterocycles. The number of ether oxygens (including phenoxy) is 2. The minimum atomic E-state index is -2.90. The number of amides is 1. The molecular formula is C13H17NO7. The fourth-order valence-electron chi connectivity index (χ4n) is 1.53. The molecule has 1 aromatic rings. The fraction of sp³-hybridized carbons (Fsp3) is 0.385. The van der Waals surface area contributed by atoms with E-state index in [0.29, 0.717) is 12.9 Å². The Morgan fingerprint density at radius 3 is 2.62 bits per heavy atom. The highest BCUT2D eigenvalue weighted by molar-refractivity contribution is 5.81. The number of aliphatic hydroxyl groups excluding tert-OH is 1. The molecular weight excluding hydrogens is 282 g/mol. The topological polar surface area (TPSA) is 139 Å². The van der Waals surface area contributed by atoms with Crippen molar-refractivity contribution < 1.29 is 34.4 Å². The van der Waals surface area contributed by atoms with E-state index in [1.54, 1.807) is 13.0 Å². The van der Waals surface area contributed by atoms with Crippen LogP contribution in [0.5, 0.6) is 11.5 Å². The zero-order valence-electron chi connectivity index (χ0n) is 11.4. The first-order valence-electron chi connectivity index (χ1n) is 6.09. The van der Waals surface area contributed by atoms with Crippen molar-refractivity contribution >= 4 is 12.2 Å². The van der Waals surface area contributed by atoms with Crippen LogP contribution in [0, 0.1) is 0 Å². The number of nitrogens with two attached hydrogens (primary N) is 1. The lowest BCUT2D eigenvalue weighted by Gasteiger charge is -2.25. The van der Waals surface area contributed by atoms with Crippen LogP contribution in [0.1, 0.15) is 17.3 Å². The second-order valence-electron chi connectivity index (χ2n) is 4.20. The average Bonchev–Trinajstić information content (AvgIpc) is 2.44. The molecule has 5 N–H and O–H groups in total. The lowest BCUT2D eigenvalue weighted by atomic mass is 10.1. The van der Waals surface area contributed by atoms with Crippen LogP contribution in [-0.2, 0) is 4.79 Å². The number of carbonyl (C=O) groups is 2. The standard InChI is InChI=1S/C13H17NO7/c1-2-20-9-5-3-4-8(6-15)10(9)21-7-13(18,19)11(16)12(14)17/h3-6,11,16,18-19H,2,7H2,1H3,(H2,14,17). The van der Waals surface area contributed by atoms with Crippen molar-refractivity contribution in [2.45, 2.75) is 18.8 Å². The average molecular weight is 299 g/mol. The van der Waals surface area contributed by atoms with Crippen molar-refractivity contribution in [2.24, 2.45) is 5.73 Å². The number of aliphatic hydroxyl groups is 3. The molecule has 0 heterocycles. The van der Waals surface area contributed by atoms with E-state index in [0.717, 1.165) is 0 Å². The second-order valence-corrected chi connectivity index (χ2v) is 4.20. The first-order chi connectivity index (χ1) is 9.83. The van der Waals surface area contributed by atoms with Gasteiger partial charge in [-0.05, 0) is 19.1 Å². The number of primary amides is 1. The van der Waals surface area contributed by atoms with Gasteiger partial charge in [-0.15, -0.1) is 0 Å². The summed E-state index contributed by atoms with van der Waals surface area (Å²) in [5, 5.41) is 28.4. The number of hydrogen-bond acceptors (Lipinski definition) is 7. The molecule has 1 atom stereocenters. The molecule has 8 nitrogen and oxygen atoms in total. The smallest absolute Gasteiger partial charge is 0.252 e.